The SMILES string of the molecule is CS(=N)(=O)C1CC1.C[C@@H]1COCCN1c1cc(Cl)nc(Cl)n1.C[C@@H]1COCCN1c1cc(N=[S@@](C)(=O)C2CC2)nc(Cl)n1.C[C@@H]1COCCN1c1cc(N=[S@](C)(=O)C2CC2)nc(Cl)n1. The summed E-state index contributed by atoms with van der Waals surface area (Å²) < 4.78 is 67.4. The topological polar surface area (TPSA) is 215 Å². The second kappa shape index (κ2) is 22.1. The number of rotatable bonds is 8. The number of hydrogen-bond acceptors (Lipinski definition) is 18. The average molecular weight is 1030 g/mol. The van der Waals surface area contributed by atoms with Crippen LogP contribution in [0.15, 0.2) is 26.9 Å². The molecule has 6 aliphatic rings. The van der Waals surface area contributed by atoms with Gasteiger partial charge in [0, 0.05) is 82.1 Å². The van der Waals surface area contributed by atoms with Gasteiger partial charge in [-0.1, -0.05) is 11.6 Å². The molecule has 9 rings (SSSR count). The lowest BCUT2D eigenvalue weighted by Gasteiger charge is -2.34. The summed E-state index contributed by atoms with van der Waals surface area (Å²) in [5.41, 5.74) is 0. The van der Waals surface area contributed by atoms with Crippen LogP contribution in [0.25, 0.3) is 0 Å². The quantitative estimate of drug-likeness (QED) is 0.173. The van der Waals surface area contributed by atoms with E-state index in [-0.39, 0.29) is 49.7 Å². The van der Waals surface area contributed by atoms with Gasteiger partial charge in [-0.25, -0.2) is 32.6 Å². The average Bonchev–Trinajstić information content (AvgIpc) is 4.04. The van der Waals surface area contributed by atoms with Crippen LogP contribution in [0, 0.1) is 4.78 Å². The highest BCUT2D eigenvalue weighted by Gasteiger charge is 2.32. The number of ether oxygens (including phenoxy) is 3. The molecule has 0 amide bonds. The summed E-state index contributed by atoms with van der Waals surface area (Å²) in [4.78, 5) is 31.0. The van der Waals surface area contributed by atoms with E-state index in [1.54, 1.807) is 30.7 Å². The zero-order valence-corrected chi connectivity index (χ0v) is 42.4. The first-order valence-electron chi connectivity index (χ1n) is 21.2. The van der Waals surface area contributed by atoms with Gasteiger partial charge in [0.25, 0.3) is 0 Å². The first kappa shape index (κ1) is 50.9. The van der Waals surface area contributed by atoms with Gasteiger partial charge in [0.2, 0.25) is 15.9 Å². The fourth-order valence-corrected chi connectivity index (χ4v) is 12.0. The monoisotopic (exact) mass is 1030 g/mol. The summed E-state index contributed by atoms with van der Waals surface area (Å²) in [5, 5.41) is 1.44. The predicted molar refractivity (Wildman–Crippen MR) is 257 cm³/mol. The highest BCUT2D eigenvalue weighted by atomic mass is 35.5. The molecule has 0 radical (unpaired) electrons. The smallest absolute Gasteiger partial charge is 0.226 e. The van der Waals surface area contributed by atoms with Crippen molar-refractivity contribution < 1.29 is 26.8 Å². The lowest BCUT2D eigenvalue weighted by molar-refractivity contribution is 0.0985. The molecule has 0 spiro atoms. The van der Waals surface area contributed by atoms with E-state index in [9.17, 15) is 12.6 Å². The predicted octanol–water partition coefficient (Wildman–Crippen LogP) is 7.33. The molecule has 18 nitrogen and oxygen atoms in total. The third kappa shape index (κ3) is 15.3. The van der Waals surface area contributed by atoms with Crippen molar-refractivity contribution in [3.63, 3.8) is 0 Å². The molecule has 356 valence electrons. The van der Waals surface area contributed by atoms with Crippen molar-refractivity contribution in [1.82, 2.24) is 29.9 Å². The van der Waals surface area contributed by atoms with E-state index in [0.717, 1.165) is 75.6 Å². The number of halogens is 4. The summed E-state index contributed by atoms with van der Waals surface area (Å²) in [6.45, 7) is 12.5. The van der Waals surface area contributed by atoms with Crippen molar-refractivity contribution >= 4 is 105 Å². The van der Waals surface area contributed by atoms with Crippen LogP contribution >= 0.6 is 46.4 Å². The minimum Gasteiger partial charge on any atom is -0.377 e. The van der Waals surface area contributed by atoms with Gasteiger partial charge in [-0.05, 0) is 94.1 Å². The maximum atomic E-state index is 12.5. The molecule has 3 aliphatic heterocycles. The second-order valence-electron chi connectivity index (χ2n) is 16.8. The van der Waals surface area contributed by atoms with Crippen molar-refractivity contribution in [2.45, 2.75) is 93.2 Å². The number of anilines is 3. The third-order valence-electron chi connectivity index (χ3n) is 11.0. The zero-order valence-electron chi connectivity index (χ0n) is 36.9. The van der Waals surface area contributed by atoms with Crippen molar-refractivity contribution in [3.8, 4) is 0 Å². The van der Waals surface area contributed by atoms with Crippen molar-refractivity contribution in [2.75, 3.05) is 92.7 Å². The number of morpholine rings is 3. The van der Waals surface area contributed by atoms with E-state index in [1.165, 1.54) is 6.26 Å². The normalized spacial score (nSPS) is 25.0. The molecule has 3 saturated heterocycles. The Labute approximate surface area is 397 Å². The minimum atomic E-state index is -2.24. The highest BCUT2D eigenvalue weighted by Crippen LogP contribution is 2.34. The Morgan fingerprint density at radius 1 is 0.547 bits per heavy atom. The number of nitrogens with zero attached hydrogens (tertiary/aromatic N) is 11. The van der Waals surface area contributed by atoms with Crippen molar-refractivity contribution in [1.29, 1.82) is 4.78 Å². The van der Waals surface area contributed by atoms with E-state index in [0.29, 0.717) is 56.4 Å². The molecule has 0 bridgehead atoms. The molecule has 1 unspecified atom stereocenters. The Balaban J connectivity index is 0.000000150. The van der Waals surface area contributed by atoms with Gasteiger partial charge in [0.15, 0.2) is 11.6 Å². The van der Waals surface area contributed by atoms with Crippen molar-refractivity contribution in [3.05, 3.63) is 39.2 Å². The molecule has 3 aromatic rings. The third-order valence-corrected chi connectivity index (χ3v) is 17.9. The van der Waals surface area contributed by atoms with Crippen LogP contribution in [-0.2, 0) is 43.4 Å². The standard InChI is InChI=1S/2C13H19ClN4O2S.C9H11Cl2N3O.C4H9NOS/c2*1-9-8-20-6-5-18(9)12-7-11(15-13(14)16-12)17-21(2,19)10-3-4-10;1-6-5-15-3-2-14(6)8-4-7(10)12-9(11)13-8;1-7(5,6)4-2-3-4/h2*7,9-10H,3-6,8H2,1-2H3;4,6H,2-3,5H2,1H3;4-5H,2-3H2,1H3/t9-,21+;9-,21-;6-;/m111./s1. The molecule has 3 saturated carbocycles. The van der Waals surface area contributed by atoms with Gasteiger partial charge < -0.3 is 28.9 Å². The summed E-state index contributed by atoms with van der Waals surface area (Å²) in [6, 6.07) is 5.95. The van der Waals surface area contributed by atoms with Crippen LogP contribution in [0.2, 0.25) is 21.0 Å². The minimum absolute atomic E-state index is 0.135. The lowest BCUT2D eigenvalue weighted by Crippen LogP contribution is -2.44. The Kier molecular flexibility index (Phi) is 17.6. The van der Waals surface area contributed by atoms with E-state index >= 15 is 0 Å². The van der Waals surface area contributed by atoms with Gasteiger partial charge in [0.1, 0.15) is 22.6 Å². The molecule has 3 aliphatic carbocycles. The van der Waals surface area contributed by atoms with E-state index in [4.69, 9.17) is 65.4 Å². The lowest BCUT2D eigenvalue weighted by atomic mass is 10.2. The fraction of sp³-hybridized carbons (Fsp3) is 0.692. The molecule has 1 N–H and O–H groups in total. The van der Waals surface area contributed by atoms with Crippen LogP contribution in [-0.4, -0.2) is 154 Å². The molecule has 25 heteroatoms. The Bertz CT molecular complexity index is 2330. The van der Waals surface area contributed by atoms with E-state index < -0.39 is 29.2 Å². The molecular weight excluding hydrogens is 971 g/mol. The number of aromatic nitrogens is 6. The van der Waals surface area contributed by atoms with Gasteiger partial charge in [-0.2, -0.15) is 18.7 Å². The maximum absolute atomic E-state index is 12.5. The first-order valence-corrected chi connectivity index (χ1v) is 28.7. The van der Waals surface area contributed by atoms with Gasteiger partial charge in [0.05, 0.1) is 77.2 Å². The number of hydrogen-bond donors (Lipinski definition) is 1. The Hall–Kier alpha value is -2.47. The van der Waals surface area contributed by atoms with E-state index in [2.05, 4.69) is 74.1 Å². The molecule has 6 atom stereocenters. The maximum Gasteiger partial charge on any atom is 0.226 e. The Morgan fingerprint density at radius 3 is 1.16 bits per heavy atom. The van der Waals surface area contributed by atoms with Crippen LogP contribution in [0.1, 0.15) is 59.3 Å². The highest BCUT2D eigenvalue weighted by molar-refractivity contribution is 7.94. The molecule has 6 fully saturated rings. The van der Waals surface area contributed by atoms with Gasteiger partial charge in [-0.3, -0.25) is 4.78 Å². The first-order chi connectivity index (χ1) is 30.2. The van der Waals surface area contributed by atoms with Crippen LogP contribution < -0.4 is 14.7 Å². The molecule has 64 heavy (non-hydrogen) atoms. The molecule has 6 heterocycles. The molecule has 0 aromatic carbocycles. The van der Waals surface area contributed by atoms with Gasteiger partial charge in [-0.15, -0.1) is 0 Å². The van der Waals surface area contributed by atoms with Crippen molar-refractivity contribution in [2.24, 2.45) is 8.73 Å². The fourth-order valence-electron chi connectivity index (χ4n) is 6.95. The zero-order chi connectivity index (χ0) is 46.4. The summed E-state index contributed by atoms with van der Waals surface area (Å²) >= 11 is 23.6. The van der Waals surface area contributed by atoms with Crippen LogP contribution in [0.5, 0.6) is 0 Å². The summed E-state index contributed by atoms with van der Waals surface area (Å²) in [7, 11) is -6.60. The largest absolute Gasteiger partial charge is 0.377 e. The van der Waals surface area contributed by atoms with Crippen LogP contribution in [0.3, 0.4) is 0 Å². The molecular formula is C39H58Cl4N12O6S3. The van der Waals surface area contributed by atoms with Crippen LogP contribution in [0.4, 0.5) is 29.1 Å². The summed E-state index contributed by atoms with van der Waals surface area (Å²) in [5.74, 6) is 3.01. The van der Waals surface area contributed by atoms with E-state index in [1.807, 2.05) is 0 Å². The summed E-state index contributed by atoms with van der Waals surface area (Å²) in [6.07, 6.45) is 10.8. The van der Waals surface area contributed by atoms with Gasteiger partial charge >= 0.3 is 0 Å². The molecule has 3 aromatic heterocycles. The Morgan fingerprint density at radius 2 is 0.875 bits per heavy atom. The number of nitrogens with one attached hydrogen (secondary N) is 1. The second-order valence-corrected chi connectivity index (χ2v) is 25.8.